The van der Waals surface area contributed by atoms with Crippen LogP contribution in [0.5, 0.6) is 0 Å². The molecule has 2 aromatic heterocycles. The molecular weight excluding hydrogens is 307 g/mol. The predicted molar refractivity (Wildman–Crippen MR) is 75.5 cm³/mol. The Balaban J connectivity index is 2.13. The van der Waals surface area contributed by atoms with Gasteiger partial charge in [0.1, 0.15) is 4.88 Å². The number of aromatic carboxylic acids is 1. The van der Waals surface area contributed by atoms with Gasteiger partial charge in [0.05, 0.1) is 10.7 Å². The second kappa shape index (κ2) is 4.52. The third-order valence-electron chi connectivity index (χ3n) is 2.57. The van der Waals surface area contributed by atoms with Crippen molar-refractivity contribution < 1.29 is 9.90 Å². The van der Waals surface area contributed by atoms with Crippen LogP contribution >= 0.6 is 34.5 Å². The fraction of sp³-hybridized carbons (Fsp3) is 0. The summed E-state index contributed by atoms with van der Waals surface area (Å²) in [6.07, 6.45) is 3.26. The average Bonchev–Trinajstić information content (AvgIpc) is 2.89. The lowest BCUT2D eigenvalue weighted by Gasteiger charge is -2.00. The maximum atomic E-state index is 10.9. The number of aromatic nitrogens is 2. The standard InChI is InChI=1S/C12H6Cl2N2O2S/c13-6-1-2-8(14)7(3-6)9-4-16-5-10(11(17)18)19-12(16)15-9/h1-5H,(H,17,18). The fourth-order valence-electron chi connectivity index (χ4n) is 1.72. The Kier molecular flexibility index (Phi) is 2.97. The number of imidazole rings is 1. The van der Waals surface area contributed by atoms with Crippen LogP contribution < -0.4 is 0 Å². The Morgan fingerprint density at radius 2 is 2.11 bits per heavy atom. The van der Waals surface area contributed by atoms with Crippen LogP contribution in [-0.4, -0.2) is 20.5 Å². The van der Waals surface area contributed by atoms with Crippen molar-refractivity contribution in [3.63, 3.8) is 0 Å². The molecular formula is C12H6Cl2N2O2S. The Labute approximate surface area is 121 Å². The molecule has 3 rings (SSSR count). The van der Waals surface area contributed by atoms with Gasteiger partial charge >= 0.3 is 5.97 Å². The second-order valence-electron chi connectivity index (χ2n) is 3.84. The Morgan fingerprint density at radius 3 is 2.79 bits per heavy atom. The molecule has 1 N–H and O–H groups in total. The van der Waals surface area contributed by atoms with Crippen molar-refractivity contribution in [2.24, 2.45) is 0 Å². The first-order chi connectivity index (χ1) is 9.04. The summed E-state index contributed by atoms with van der Waals surface area (Å²) in [6, 6.07) is 5.14. The van der Waals surface area contributed by atoms with E-state index in [0.717, 1.165) is 16.9 Å². The molecule has 0 aliphatic carbocycles. The van der Waals surface area contributed by atoms with Crippen LogP contribution in [0, 0.1) is 0 Å². The molecule has 0 amide bonds. The van der Waals surface area contributed by atoms with E-state index in [1.807, 2.05) is 0 Å². The molecule has 0 bridgehead atoms. The van der Waals surface area contributed by atoms with Gasteiger partial charge in [-0.3, -0.25) is 4.40 Å². The molecule has 4 nitrogen and oxygen atoms in total. The highest BCUT2D eigenvalue weighted by Gasteiger charge is 2.13. The Morgan fingerprint density at radius 1 is 1.32 bits per heavy atom. The SMILES string of the molecule is O=C(O)c1cn2cc(-c3cc(Cl)ccc3Cl)nc2s1. The smallest absolute Gasteiger partial charge is 0.347 e. The minimum atomic E-state index is -0.960. The second-order valence-corrected chi connectivity index (χ2v) is 5.69. The summed E-state index contributed by atoms with van der Waals surface area (Å²) < 4.78 is 1.67. The summed E-state index contributed by atoms with van der Waals surface area (Å²) in [5.74, 6) is -0.960. The van der Waals surface area contributed by atoms with Crippen molar-refractivity contribution in [1.29, 1.82) is 0 Å². The lowest BCUT2D eigenvalue weighted by molar-refractivity contribution is 0.0702. The number of benzene rings is 1. The van der Waals surface area contributed by atoms with Crippen molar-refractivity contribution >= 4 is 45.5 Å². The van der Waals surface area contributed by atoms with E-state index in [1.165, 1.54) is 6.20 Å². The number of carbonyl (C=O) groups is 1. The molecule has 1 aromatic carbocycles. The lowest BCUT2D eigenvalue weighted by Crippen LogP contribution is -1.90. The molecule has 2 heterocycles. The van der Waals surface area contributed by atoms with Crippen LogP contribution in [0.2, 0.25) is 10.0 Å². The van der Waals surface area contributed by atoms with Gasteiger partial charge in [0.2, 0.25) is 0 Å². The first kappa shape index (κ1) is 12.5. The van der Waals surface area contributed by atoms with E-state index in [-0.39, 0.29) is 4.88 Å². The van der Waals surface area contributed by atoms with E-state index < -0.39 is 5.97 Å². The summed E-state index contributed by atoms with van der Waals surface area (Å²) in [5.41, 5.74) is 1.39. The Bertz CT molecular complexity index is 763. The maximum absolute atomic E-state index is 10.9. The number of nitrogens with zero attached hydrogens (tertiary/aromatic N) is 2. The van der Waals surface area contributed by atoms with Gasteiger partial charge in [-0.25, -0.2) is 9.78 Å². The number of rotatable bonds is 2. The van der Waals surface area contributed by atoms with Crippen LogP contribution in [0.3, 0.4) is 0 Å². The van der Waals surface area contributed by atoms with Gasteiger partial charge in [-0.2, -0.15) is 0 Å². The van der Waals surface area contributed by atoms with E-state index in [0.29, 0.717) is 20.7 Å². The fourth-order valence-corrected chi connectivity index (χ4v) is 2.91. The zero-order chi connectivity index (χ0) is 13.6. The van der Waals surface area contributed by atoms with Gasteiger partial charge < -0.3 is 5.11 Å². The number of thiazole rings is 1. The van der Waals surface area contributed by atoms with Crippen LogP contribution in [0.15, 0.2) is 30.6 Å². The largest absolute Gasteiger partial charge is 0.477 e. The van der Waals surface area contributed by atoms with Crippen molar-refractivity contribution in [2.75, 3.05) is 0 Å². The molecule has 7 heteroatoms. The first-order valence-corrected chi connectivity index (χ1v) is 6.79. The van der Waals surface area contributed by atoms with E-state index in [9.17, 15) is 4.79 Å². The summed E-state index contributed by atoms with van der Waals surface area (Å²) in [6.45, 7) is 0. The number of halogens is 2. The molecule has 0 radical (unpaired) electrons. The van der Waals surface area contributed by atoms with Crippen LogP contribution in [0.25, 0.3) is 16.2 Å². The normalized spacial score (nSPS) is 11.1. The summed E-state index contributed by atoms with van der Waals surface area (Å²) in [7, 11) is 0. The summed E-state index contributed by atoms with van der Waals surface area (Å²) in [5, 5.41) is 10.0. The molecule has 19 heavy (non-hydrogen) atoms. The van der Waals surface area contributed by atoms with Gasteiger partial charge in [0.25, 0.3) is 0 Å². The van der Waals surface area contributed by atoms with E-state index in [4.69, 9.17) is 28.3 Å². The van der Waals surface area contributed by atoms with Crippen LogP contribution in [-0.2, 0) is 0 Å². The number of hydrogen-bond donors (Lipinski definition) is 1. The van der Waals surface area contributed by atoms with Crippen molar-refractivity contribution in [3.05, 3.63) is 45.5 Å². The predicted octanol–water partition coefficient (Wildman–Crippen LogP) is 4.07. The van der Waals surface area contributed by atoms with Crippen molar-refractivity contribution in [1.82, 2.24) is 9.38 Å². The minimum Gasteiger partial charge on any atom is -0.477 e. The molecule has 0 aliphatic heterocycles. The highest BCUT2D eigenvalue weighted by atomic mass is 35.5. The molecule has 3 aromatic rings. The zero-order valence-electron chi connectivity index (χ0n) is 9.30. The minimum absolute atomic E-state index is 0.242. The molecule has 0 fully saturated rings. The molecule has 96 valence electrons. The van der Waals surface area contributed by atoms with Gasteiger partial charge in [-0.15, -0.1) is 0 Å². The number of hydrogen-bond acceptors (Lipinski definition) is 3. The summed E-state index contributed by atoms with van der Waals surface area (Å²) >= 11 is 13.2. The van der Waals surface area contributed by atoms with Gasteiger partial charge in [0.15, 0.2) is 4.96 Å². The lowest BCUT2D eigenvalue weighted by atomic mass is 10.2. The molecule has 0 atom stereocenters. The molecule has 0 saturated carbocycles. The number of fused-ring (bicyclic) bond motifs is 1. The highest BCUT2D eigenvalue weighted by Crippen LogP contribution is 2.31. The van der Waals surface area contributed by atoms with E-state index in [1.54, 1.807) is 28.8 Å². The van der Waals surface area contributed by atoms with Crippen molar-refractivity contribution in [3.8, 4) is 11.3 Å². The molecule has 0 spiro atoms. The highest BCUT2D eigenvalue weighted by molar-refractivity contribution is 7.18. The van der Waals surface area contributed by atoms with Crippen LogP contribution in [0.4, 0.5) is 0 Å². The van der Waals surface area contributed by atoms with E-state index in [2.05, 4.69) is 4.98 Å². The maximum Gasteiger partial charge on any atom is 0.347 e. The molecule has 0 saturated heterocycles. The van der Waals surface area contributed by atoms with Gasteiger partial charge in [-0.1, -0.05) is 34.5 Å². The topological polar surface area (TPSA) is 54.6 Å². The zero-order valence-corrected chi connectivity index (χ0v) is 11.6. The van der Waals surface area contributed by atoms with Crippen molar-refractivity contribution in [2.45, 2.75) is 0 Å². The van der Waals surface area contributed by atoms with Gasteiger partial charge in [0, 0.05) is 23.0 Å². The molecule has 0 aliphatic rings. The number of carboxylic acids is 1. The third-order valence-corrected chi connectivity index (χ3v) is 4.12. The Hall–Kier alpha value is -1.56. The third kappa shape index (κ3) is 2.20. The van der Waals surface area contributed by atoms with E-state index >= 15 is 0 Å². The number of carboxylic acid groups (broad SMARTS) is 1. The molecule has 0 unspecified atom stereocenters. The summed E-state index contributed by atoms with van der Waals surface area (Å²) in [4.78, 5) is 16.1. The van der Waals surface area contributed by atoms with Gasteiger partial charge in [-0.05, 0) is 18.2 Å². The monoisotopic (exact) mass is 312 g/mol. The van der Waals surface area contributed by atoms with Crippen LogP contribution in [0.1, 0.15) is 9.67 Å². The average molecular weight is 313 g/mol. The first-order valence-electron chi connectivity index (χ1n) is 5.22. The quantitative estimate of drug-likeness (QED) is 0.776.